The average Bonchev–Trinajstić information content (AvgIpc) is 2.40. The van der Waals surface area contributed by atoms with Gasteiger partial charge in [-0.3, -0.25) is 4.79 Å². The molecular formula is C9H8F2O3. The molecule has 0 atom stereocenters. The summed E-state index contributed by atoms with van der Waals surface area (Å²) in [6.07, 6.45) is -0.842. The van der Waals surface area contributed by atoms with Crippen LogP contribution in [-0.4, -0.2) is 12.6 Å². The molecule has 1 fully saturated rings. The molecule has 1 heterocycles. The topological polar surface area (TPSA) is 35.5 Å². The van der Waals surface area contributed by atoms with Gasteiger partial charge in [0, 0.05) is 5.57 Å². The molecule has 0 aromatic rings. The van der Waals surface area contributed by atoms with Gasteiger partial charge in [-0.15, -0.1) is 8.78 Å². The Bertz CT molecular complexity index is 329. The van der Waals surface area contributed by atoms with Crippen LogP contribution in [0.15, 0.2) is 35.8 Å². The highest BCUT2D eigenvalue weighted by atomic mass is 19.3. The average molecular weight is 202 g/mol. The van der Waals surface area contributed by atoms with Gasteiger partial charge in [0.2, 0.25) is 0 Å². The Morgan fingerprint density at radius 1 is 1.43 bits per heavy atom. The minimum atomic E-state index is -3.67. The van der Waals surface area contributed by atoms with Crippen molar-refractivity contribution >= 4 is 6.29 Å². The molecule has 0 amide bonds. The van der Waals surface area contributed by atoms with Gasteiger partial charge in [0.05, 0.1) is 0 Å². The zero-order chi connectivity index (χ0) is 10.8. The first-order valence-electron chi connectivity index (χ1n) is 3.77. The second kappa shape index (κ2) is 3.61. The van der Waals surface area contributed by atoms with E-state index in [1.165, 1.54) is 13.0 Å². The predicted molar refractivity (Wildman–Crippen MR) is 44.2 cm³/mol. The van der Waals surface area contributed by atoms with Crippen LogP contribution in [0.1, 0.15) is 6.92 Å². The molecule has 1 aliphatic heterocycles. The summed E-state index contributed by atoms with van der Waals surface area (Å²) in [7, 11) is 0. The van der Waals surface area contributed by atoms with Crippen LogP contribution in [0.2, 0.25) is 0 Å². The van der Waals surface area contributed by atoms with Gasteiger partial charge >= 0.3 is 6.29 Å². The molecule has 0 aromatic carbocycles. The predicted octanol–water partition coefficient (Wildman–Crippen LogP) is 2.13. The fourth-order valence-corrected chi connectivity index (χ4v) is 0.882. The second-order valence-corrected chi connectivity index (χ2v) is 2.52. The molecule has 1 rings (SSSR count). The van der Waals surface area contributed by atoms with Crippen LogP contribution in [0.4, 0.5) is 8.78 Å². The molecule has 0 radical (unpaired) electrons. The maximum Gasteiger partial charge on any atom is 0.586 e. The first-order chi connectivity index (χ1) is 6.48. The summed E-state index contributed by atoms with van der Waals surface area (Å²) in [5, 5.41) is 0. The summed E-state index contributed by atoms with van der Waals surface area (Å²) in [6.45, 7) is 4.81. The maximum atomic E-state index is 12.5. The minimum Gasteiger partial charge on any atom is -0.396 e. The van der Waals surface area contributed by atoms with Crippen LogP contribution < -0.4 is 0 Å². The molecule has 76 valence electrons. The summed E-state index contributed by atoms with van der Waals surface area (Å²) in [4.78, 5) is 10.2. The molecule has 1 saturated heterocycles. The summed E-state index contributed by atoms with van der Waals surface area (Å²) >= 11 is 0. The molecule has 0 aromatic heterocycles. The Balaban J connectivity index is 2.95. The summed E-state index contributed by atoms with van der Waals surface area (Å²) < 4.78 is 33.4. The highest BCUT2D eigenvalue weighted by Gasteiger charge is 2.45. The van der Waals surface area contributed by atoms with Crippen LogP contribution in [0, 0.1) is 0 Å². The Morgan fingerprint density at radius 2 is 2.00 bits per heavy atom. The van der Waals surface area contributed by atoms with E-state index in [2.05, 4.69) is 16.1 Å². The number of alkyl halides is 2. The van der Waals surface area contributed by atoms with Crippen molar-refractivity contribution in [3.63, 3.8) is 0 Å². The first kappa shape index (κ1) is 10.4. The van der Waals surface area contributed by atoms with Gasteiger partial charge in [-0.05, 0) is 19.1 Å². The SMILES string of the molecule is C=C(C=O)/C=C1/OC(F)(F)O/C1=C/C. The largest absolute Gasteiger partial charge is 0.586 e. The third-order valence-electron chi connectivity index (χ3n) is 1.43. The van der Waals surface area contributed by atoms with Crippen molar-refractivity contribution in [1.82, 2.24) is 0 Å². The number of hydrogen-bond acceptors (Lipinski definition) is 3. The van der Waals surface area contributed by atoms with Gasteiger partial charge in [-0.2, -0.15) is 0 Å². The molecule has 0 bridgehead atoms. The molecule has 14 heavy (non-hydrogen) atoms. The van der Waals surface area contributed by atoms with Crippen molar-refractivity contribution in [2.24, 2.45) is 0 Å². The van der Waals surface area contributed by atoms with Gasteiger partial charge in [0.1, 0.15) is 6.29 Å². The van der Waals surface area contributed by atoms with Crippen LogP contribution in [0.25, 0.3) is 0 Å². The first-order valence-corrected chi connectivity index (χ1v) is 3.77. The Morgan fingerprint density at radius 3 is 2.50 bits per heavy atom. The Kier molecular flexibility index (Phi) is 2.69. The zero-order valence-corrected chi connectivity index (χ0v) is 7.42. The van der Waals surface area contributed by atoms with E-state index in [1.54, 1.807) is 0 Å². The molecular weight excluding hydrogens is 194 g/mol. The van der Waals surface area contributed by atoms with Gasteiger partial charge in [-0.1, -0.05) is 6.58 Å². The van der Waals surface area contributed by atoms with Crippen LogP contribution >= 0.6 is 0 Å². The maximum absolute atomic E-state index is 12.5. The molecule has 5 heteroatoms. The van der Waals surface area contributed by atoms with E-state index >= 15 is 0 Å². The van der Waals surface area contributed by atoms with Crippen molar-refractivity contribution in [1.29, 1.82) is 0 Å². The standard InChI is InChI=1S/C9H8F2O3/c1-3-7-8(4-6(2)5-12)14-9(10,11)13-7/h3-5H,2H2,1H3/b7-3+,8-4+. The quantitative estimate of drug-likeness (QED) is 0.508. The van der Waals surface area contributed by atoms with Gasteiger partial charge in [-0.25, -0.2) is 0 Å². The normalized spacial score (nSPS) is 24.5. The number of rotatable bonds is 2. The van der Waals surface area contributed by atoms with E-state index in [0.29, 0.717) is 6.29 Å². The Hall–Kier alpha value is -1.65. The molecule has 0 N–H and O–H groups in total. The van der Waals surface area contributed by atoms with Crippen molar-refractivity contribution < 1.29 is 23.0 Å². The zero-order valence-electron chi connectivity index (χ0n) is 7.42. The van der Waals surface area contributed by atoms with Gasteiger partial charge in [0.25, 0.3) is 0 Å². The van der Waals surface area contributed by atoms with Crippen LogP contribution in [-0.2, 0) is 14.3 Å². The summed E-state index contributed by atoms with van der Waals surface area (Å²) in [5.74, 6) is -0.312. The summed E-state index contributed by atoms with van der Waals surface area (Å²) in [5.41, 5.74) is 0.0284. The van der Waals surface area contributed by atoms with Crippen molar-refractivity contribution in [2.45, 2.75) is 13.2 Å². The number of aldehydes is 1. The van der Waals surface area contributed by atoms with Crippen molar-refractivity contribution in [3.05, 3.63) is 35.8 Å². The third-order valence-corrected chi connectivity index (χ3v) is 1.43. The molecule has 3 nitrogen and oxygen atoms in total. The highest BCUT2D eigenvalue weighted by molar-refractivity contribution is 5.76. The minimum absolute atomic E-state index is 0.0284. The van der Waals surface area contributed by atoms with E-state index in [9.17, 15) is 13.6 Å². The number of carbonyl (C=O) groups excluding carboxylic acids is 1. The molecule has 0 aliphatic carbocycles. The summed E-state index contributed by atoms with van der Waals surface area (Å²) in [6, 6.07) is 0. The van der Waals surface area contributed by atoms with E-state index in [0.717, 1.165) is 6.08 Å². The fraction of sp³-hybridized carbons (Fsp3) is 0.222. The van der Waals surface area contributed by atoms with E-state index in [4.69, 9.17) is 0 Å². The lowest BCUT2D eigenvalue weighted by atomic mass is 10.2. The van der Waals surface area contributed by atoms with E-state index in [-0.39, 0.29) is 17.1 Å². The number of ether oxygens (including phenoxy) is 2. The number of carbonyl (C=O) groups is 1. The van der Waals surface area contributed by atoms with E-state index in [1.807, 2.05) is 0 Å². The van der Waals surface area contributed by atoms with Crippen LogP contribution in [0.3, 0.4) is 0 Å². The van der Waals surface area contributed by atoms with E-state index < -0.39 is 6.29 Å². The molecule has 1 aliphatic rings. The number of allylic oxidation sites excluding steroid dienone is 3. The number of halogens is 2. The van der Waals surface area contributed by atoms with Gasteiger partial charge < -0.3 is 9.47 Å². The lowest BCUT2D eigenvalue weighted by Crippen LogP contribution is -2.14. The smallest absolute Gasteiger partial charge is 0.396 e. The molecule has 0 saturated carbocycles. The monoisotopic (exact) mass is 202 g/mol. The third kappa shape index (κ3) is 2.18. The lowest BCUT2D eigenvalue weighted by Gasteiger charge is -2.03. The second-order valence-electron chi connectivity index (χ2n) is 2.52. The molecule has 0 unspecified atom stereocenters. The fourth-order valence-electron chi connectivity index (χ4n) is 0.882. The molecule has 0 spiro atoms. The van der Waals surface area contributed by atoms with Gasteiger partial charge in [0.15, 0.2) is 11.5 Å². The van der Waals surface area contributed by atoms with Crippen molar-refractivity contribution in [2.75, 3.05) is 0 Å². The number of hydrogen-bond donors (Lipinski definition) is 0. The Labute approximate surface area is 79.3 Å². The van der Waals surface area contributed by atoms with Crippen molar-refractivity contribution in [3.8, 4) is 0 Å². The lowest BCUT2D eigenvalue weighted by molar-refractivity contribution is -0.326. The van der Waals surface area contributed by atoms with Crippen LogP contribution in [0.5, 0.6) is 0 Å². The highest BCUT2D eigenvalue weighted by Crippen LogP contribution is 2.36.